The van der Waals surface area contributed by atoms with Gasteiger partial charge in [0.2, 0.25) is 11.8 Å². The SMILES string of the molecule is Cc1ccc(C(=O)NNC(=O)C2CC(=O)N(CC(C)C)C2)cc1. The third-order valence-electron chi connectivity index (χ3n) is 3.78. The number of carbonyl (C=O) groups excluding carboxylic acids is 3. The first-order valence-corrected chi connectivity index (χ1v) is 7.81. The molecule has 2 rings (SSSR count). The van der Waals surface area contributed by atoms with Crippen molar-refractivity contribution >= 4 is 17.7 Å². The molecule has 0 aliphatic carbocycles. The van der Waals surface area contributed by atoms with Crippen molar-refractivity contribution in [2.45, 2.75) is 27.2 Å². The van der Waals surface area contributed by atoms with E-state index in [9.17, 15) is 14.4 Å². The molecule has 0 radical (unpaired) electrons. The number of aryl methyl sites for hydroxylation is 1. The molecule has 2 N–H and O–H groups in total. The van der Waals surface area contributed by atoms with Crippen LogP contribution in [-0.4, -0.2) is 35.7 Å². The highest BCUT2D eigenvalue weighted by molar-refractivity contribution is 5.96. The van der Waals surface area contributed by atoms with Gasteiger partial charge in [-0.3, -0.25) is 25.2 Å². The van der Waals surface area contributed by atoms with E-state index in [1.54, 1.807) is 17.0 Å². The van der Waals surface area contributed by atoms with Gasteiger partial charge in [0.1, 0.15) is 0 Å². The maximum Gasteiger partial charge on any atom is 0.269 e. The molecule has 1 aliphatic rings. The molecule has 0 saturated carbocycles. The smallest absolute Gasteiger partial charge is 0.269 e. The second kappa shape index (κ2) is 7.26. The largest absolute Gasteiger partial charge is 0.342 e. The van der Waals surface area contributed by atoms with Gasteiger partial charge in [0.05, 0.1) is 5.92 Å². The minimum absolute atomic E-state index is 0.0105. The molecule has 0 spiro atoms. The lowest BCUT2D eigenvalue weighted by Crippen LogP contribution is -2.45. The van der Waals surface area contributed by atoms with Crippen molar-refractivity contribution in [3.8, 4) is 0 Å². The first kappa shape index (κ1) is 17.0. The van der Waals surface area contributed by atoms with E-state index in [4.69, 9.17) is 0 Å². The monoisotopic (exact) mass is 317 g/mol. The minimum Gasteiger partial charge on any atom is -0.342 e. The van der Waals surface area contributed by atoms with Gasteiger partial charge in [-0.15, -0.1) is 0 Å². The van der Waals surface area contributed by atoms with Crippen molar-refractivity contribution in [3.63, 3.8) is 0 Å². The summed E-state index contributed by atoms with van der Waals surface area (Å²) < 4.78 is 0. The summed E-state index contributed by atoms with van der Waals surface area (Å²) in [5.74, 6) is -0.767. The topological polar surface area (TPSA) is 78.5 Å². The maximum atomic E-state index is 12.1. The Bertz CT molecular complexity index is 596. The zero-order valence-electron chi connectivity index (χ0n) is 13.8. The highest BCUT2D eigenvalue weighted by Gasteiger charge is 2.34. The van der Waals surface area contributed by atoms with E-state index in [-0.39, 0.29) is 24.1 Å². The van der Waals surface area contributed by atoms with Crippen LogP contribution in [0.2, 0.25) is 0 Å². The maximum absolute atomic E-state index is 12.1. The lowest BCUT2D eigenvalue weighted by molar-refractivity contribution is -0.129. The Hall–Kier alpha value is -2.37. The van der Waals surface area contributed by atoms with Gasteiger partial charge < -0.3 is 4.90 Å². The number of hydrazine groups is 1. The average molecular weight is 317 g/mol. The number of carbonyl (C=O) groups is 3. The fourth-order valence-corrected chi connectivity index (χ4v) is 2.56. The Morgan fingerprint density at radius 2 is 1.87 bits per heavy atom. The Morgan fingerprint density at radius 1 is 1.22 bits per heavy atom. The molecule has 3 amide bonds. The number of amides is 3. The molecule has 1 atom stereocenters. The summed E-state index contributed by atoms with van der Waals surface area (Å²) in [5, 5.41) is 0. The third-order valence-corrected chi connectivity index (χ3v) is 3.78. The standard InChI is InChI=1S/C17H23N3O3/c1-11(2)9-20-10-14(8-15(20)21)17(23)19-18-16(22)13-6-4-12(3)5-7-13/h4-7,11,14H,8-10H2,1-3H3,(H,18,22)(H,19,23). The molecule has 6 heteroatoms. The van der Waals surface area contributed by atoms with Gasteiger partial charge in [0.25, 0.3) is 5.91 Å². The molecule has 124 valence electrons. The van der Waals surface area contributed by atoms with Crippen LogP contribution in [0.15, 0.2) is 24.3 Å². The molecule has 1 aromatic carbocycles. The molecule has 0 bridgehead atoms. The molecular weight excluding hydrogens is 294 g/mol. The number of rotatable bonds is 4. The van der Waals surface area contributed by atoms with Gasteiger partial charge >= 0.3 is 0 Å². The molecule has 1 aliphatic heterocycles. The van der Waals surface area contributed by atoms with Gasteiger partial charge in [-0.2, -0.15) is 0 Å². The normalized spacial score (nSPS) is 17.5. The van der Waals surface area contributed by atoms with E-state index in [1.165, 1.54) is 0 Å². The van der Waals surface area contributed by atoms with Gasteiger partial charge in [-0.25, -0.2) is 0 Å². The van der Waals surface area contributed by atoms with Crippen LogP contribution >= 0.6 is 0 Å². The van der Waals surface area contributed by atoms with E-state index < -0.39 is 5.92 Å². The molecule has 1 unspecified atom stereocenters. The van der Waals surface area contributed by atoms with Crippen LogP contribution in [0.25, 0.3) is 0 Å². The van der Waals surface area contributed by atoms with Crippen molar-refractivity contribution in [2.24, 2.45) is 11.8 Å². The van der Waals surface area contributed by atoms with E-state index >= 15 is 0 Å². The summed E-state index contributed by atoms with van der Waals surface area (Å²) in [6.45, 7) is 7.05. The quantitative estimate of drug-likeness (QED) is 0.821. The van der Waals surface area contributed by atoms with Gasteiger partial charge in [-0.1, -0.05) is 31.5 Å². The fraction of sp³-hybridized carbons (Fsp3) is 0.471. The second-order valence-corrected chi connectivity index (χ2v) is 6.40. The van der Waals surface area contributed by atoms with Crippen molar-refractivity contribution in [1.82, 2.24) is 15.8 Å². The molecular formula is C17H23N3O3. The lowest BCUT2D eigenvalue weighted by Gasteiger charge is -2.18. The van der Waals surface area contributed by atoms with Gasteiger partial charge in [0, 0.05) is 25.1 Å². The summed E-state index contributed by atoms with van der Waals surface area (Å²) in [7, 11) is 0. The Balaban J connectivity index is 1.84. The van der Waals surface area contributed by atoms with Gasteiger partial charge in [-0.05, 0) is 25.0 Å². The number of hydrogen-bond acceptors (Lipinski definition) is 3. The second-order valence-electron chi connectivity index (χ2n) is 6.40. The predicted octanol–water partition coefficient (Wildman–Crippen LogP) is 1.26. The molecule has 23 heavy (non-hydrogen) atoms. The molecule has 1 heterocycles. The summed E-state index contributed by atoms with van der Waals surface area (Å²) in [6, 6.07) is 7.05. The highest BCUT2D eigenvalue weighted by Crippen LogP contribution is 2.18. The van der Waals surface area contributed by atoms with Crippen LogP contribution < -0.4 is 10.9 Å². The first-order valence-electron chi connectivity index (χ1n) is 7.81. The van der Waals surface area contributed by atoms with Crippen molar-refractivity contribution < 1.29 is 14.4 Å². The van der Waals surface area contributed by atoms with E-state index in [1.807, 2.05) is 32.9 Å². The van der Waals surface area contributed by atoms with Crippen LogP contribution in [0, 0.1) is 18.8 Å². The van der Waals surface area contributed by atoms with Crippen molar-refractivity contribution in [1.29, 1.82) is 0 Å². The number of nitrogens with zero attached hydrogens (tertiary/aromatic N) is 1. The Morgan fingerprint density at radius 3 is 2.48 bits per heavy atom. The Labute approximate surface area is 136 Å². The molecule has 1 aromatic rings. The molecule has 6 nitrogen and oxygen atoms in total. The average Bonchev–Trinajstić information content (AvgIpc) is 2.85. The van der Waals surface area contributed by atoms with Crippen LogP contribution in [-0.2, 0) is 9.59 Å². The highest BCUT2D eigenvalue weighted by atomic mass is 16.2. The van der Waals surface area contributed by atoms with Crippen molar-refractivity contribution in [2.75, 3.05) is 13.1 Å². The van der Waals surface area contributed by atoms with Crippen LogP contribution in [0.4, 0.5) is 0 Å². The first-order chi connectivity index (χ1) is 10.9. The molecule has 0 aromatic heterocycles. The van der Waals surface area contributed by atoms with E-state index in [0.717, 1.165) is 5.56 Å². The van der Waals surface area contributed by atoms with E-state index in [2.05, 4.69) is 10.9 Å². The summed E-state index contributed by atoms with van der Waals surface area (Å²) in [5.41, 5.74) is 6.34. The molecule has 1 fully saturated rings. The number of hydrogen-bond donors (Lipinski definition) is 2. The number of benzene rings is 1. The summed E-state index contributed by atoms with van der Waals surface area (Å²) in [4.78, 5) is 37.6. The van der Waals surface area contributed by atoms with Gasteiger partial charge in [0.15, 0.2) is 0 Å². The zero-order chi connectivity index (χ0) is 17.0. The van der Waals surface area contributed by atoms with Crippen LogP contribution in [0.1, 0.15) is 36.2 Å². The van der Waals surface area contributed by atoms with E-state index in [0.29, 0.717) is 24.6 Å². The lowest BCUT2D eigenvalue weighted by atomic mass is 10.1. The van der Waals surface area contributed by atoms with Crippen molar-refractivity contribution in [3.05, 3.63) is 35.4 Å². The third kappa shape index (κ3) is 4.55. The van der Waals surface area contributed by atoms with Crippen LogP contribution in [0.3, 0.4) is 0 Å². The number of likely N-dealkylation sites (tertiary alicyclic amines) is 1. The predicted molar refractivity (Wildman–Crippen MR) is 86.3 cm³/mol. The fourth-order valence-electron chi connectivity index (χ4n) is 2.56. The summed E-state index contributed by atoms with van der Waals surface area (Å²) in [6.07, 6.45) is 0.193. The number of nitrogens with one attached hydrogen (secondary N) is 2. The zero-order valence-corrected chi connectivity index (χ0v) is 13.8. The minimum atomic E-state index is -0.417. The Kier molecular flexibility index (Phi) is 5.36. The van der Waals surface area contributed by atoms with Crippen LogP contribution in [0.5, 0.6) is 0 Å². The molecule has 1 saturated heterocycles. The summed E-state index contributed by atoms with van der Waals surface area (Å²) >= 11 is 0.